The first-order chi connectivity index (χ1) is 7.67. The number of anilines is 1. The second kappa shape index (κ2) is 4.34. The van der Waals surface area contributed by atoms with Crippen molar-refractivity contribution in [1.29, 1.82) is 0 Å². The molecule has 0 amide bonds. The lowest BCUT2D eigenvalue weighted by molar-refractivity contribution is 0.416. The van der Waals surface area contributed by atoms with Crippen LogP contribution in [-0.4, -0.2) is 19.2 Å². The number of hydrogen-bond donors (Lipinski definition) is 2. The Labute approximate surface area is 97.0 Å². The van der Waals surface area contributed by atoms with Gasteiger partial charge in [-0.05, 0) is 37.0 Å². The largest absolute Gasteiger partial charge is 0.495 e. The van der Waals surface area contributed by atoms with Crippen molar-refractivity contribution in [3.63, 3.8) is 0 Å². The highest BCUT2D eigenvalue weighted by Gasteiger charge is 2.37. The van der Waals surface area contributed by atoms with E-state index >= 15 is 0 Å². The van der Waals surface area contributed by atoms with Gasteiger partial charge in [-0.3, -0.25) is 0 Å². The van der Waals surface area contributed by atoms with Crippen molar-refractivity contribution in [3.8, 4) is 5.75 Å². The van der Waals surface area contributed by atoms with Crippen molar-refractivity contribution < 1.29 is 4.74 Å². The molecular weight excluding hydrogens is 200 g/mol. The van der Waals surface area contributed by atoms with E-state index in [1.165, 1.54) is 5.56 Å². The van der Waals surface area contributed by atoms with Gasteiger partial charge in [0, 0.05) is 12.1 Å². The van der Waals surface area contributed by atoms with Crippen molar-refractivity contribution in [2.45, 2.75) is 31.7 Å². The van der Waals surface area contributed by atoms with E-state index in [1.54, 1.807) is 7.11 Å². The van der Waals surface area contributed by atoms with Gasteiger partial charge in [0.15, 0.2) is 0 Å². The Morgan fingerprint density at radius 2 is 2.19 bits per heavy atom. The van der Waals surface area contributed by atoms with Crippen LogP contribution in [0.1, 0.15) is 25.3 Å². The van der Waals surface area contributed by atoms with Gasteiger partial charge in [0.2, 0.25) is 0 Å². The first-order valence-electron chi connectivity index (χ1n) is 5.86. The minimum atomic E-state index is 0.0211. The van der Waals surface area contributed by atoms with E-state index in [1.807, 2.05) is 6.07 Å². The van der Waals surface area contributed by atoms with Gasteiger partial charge >= 0.3 is 0 Å². The Morgan fingerprint density at radius 1 is 1.44 bits per heavy atom. The molecule has 1 aromatic carbocycles. The fraction of sp³-hybridized carbons (Fsp3) is 0.538. The van der Waals surface area contributed by atoms with Crippen LogP contribution in [0, 0.1) is 0 Å². The Bertz CT molecular complexity index is 372. The number of benzene rings is 1. The molecule has 1 aliphatic carbocycles. The lowest BCUT2D eigenvalue weighted by Gasteiger charge is -2.15. The molecule has 88 valence electrons. The summed E-state index contributed by atoms with van der Waals surface area (Å²) in [6.07, 6.45) is 3.28. The van der Waals surface area contributed by atoms with Crippen LogP contribution < -0.4 is 15.8 Å². The van der Waals surface area contributed by atoms with Gasteiger partial charge in [-0.15, -0.1) is 0 Å². The number of aryl methyl sites for hydroxylation is 1. The van der Waals surface area contributed by atoms with Gasteiger partial charge < -0.3 is 15.8 Å². The maximum absolute atomic E-state index is 6.05. The van der Waals surface area contributed by atoms with Crippen LogP contribution in [0.3, 0.4) is 0 Å². The van der Waals surface area contributed by atoms with Gasteiger partial charge in [-0.2, -0.15) is 0 Å². The summed E-state index contributed by atoms with van der Waals surface area (Å²) in [5.74, 6) is 0.890. The summed E-state index contributed by atoms with van der Waals surface area (Å²) in [7, 11) is 1.70. The van der Waals surface area contributed by atoms with Crippen molar-refractivity contribution in [3.05, 3.63) is 23.8 Å². The van der Waals surface area contributed by atoms with E-state index < -0.39 is 0 Å². The van der Waals surface area contributed by atoms with Gasteiger partial charge in [0.1, 0.15) is 5.75 Å². The van der Waals surface area contributed by atoms with Crippen molar-refractivity contribution >= 4 is 5.69 Å². The van der Waals surface area contributed by atoms with Crippen LogP contribution in [0.5, 0.6) is 5.75 Å². The van der Waals surface area contributed by atoms with E-state index in [0.29, 0.717) is 0 Å². The van der Waals surface area contributed by atoms with E-state index in [0.717, 1.165) is 37.2 Å². The van der Waals surface area contributed by atoms with Gasteiger partial charge in [-0.25, -0.2) is 0 Å². The second-order valence-electron chi connectivity index (χ2n) is 4.60. The van der Waals surface area contributed by atoms with Crippen molar-refractivity contribution in [2.24, 2.45) is 5.73 Å². The summed E-state index contributed by atoms with van der Waals surface area (Å²) in [4.78, 5) is 0. The zero-order chi connectivity index (χ0) is 11.6. The average Bonchev–Trinajstić information content (AvgIpc) is 3.05. The van der Waals surface area contributed by atoms with E-state index in [4.69, 9.17) is 10.5 Å². The highest BCUT2D eigenvalue weighted by molar-refractivity contribution is 5.58. The van der Waals surface area contributed by atoms with Crippen LogP contribution in [0.2, 0.25) is 0 Å². The molecule has 0 aliphatic heterocycles. The Morgan fingerprint density at radius 3 is 2.75 bits per heavy atom. The van der Waals surface area contributed by atoms with Crippen LogP contribution in [-0.2, 0) is 6.42 Å². The molecule has 0 unspecified atom stereocenters. The van der Waals surface area contributed by atoms with Gasteiger partial charge in [0.05, 0.1) is 12.8 Å². The summed E-state index contributed by atoms with van der Waals surface area (Å²) in [6, 6.07) is 6.25. The van der Waals surface area contributed by atoms with Crippen LogP contribution in [0.15, 0.2) is 18.2 Å². The molecule has 3 nitrogen and oxygen atoms in total. The number of methoxy groups -OCH3 is 1. The number of ether oxygens (including phenoxy) is 1. The molecule has 1 aliphatic rings. The Kier molecular flexibility index (Phi) is 3.06. The summed E-state index contributed by atoms with van der Waals surface area (Å²) < 4.78 is 5.33. The average molecular weight is 220 g/mol. The molecule has 2 rings (SSSR count). The fourth-order valence-electron chi connectivity index (χ4n) is 1.72. The summed E-state index contributed by atoms with van der Waals surface area (Å²) in [5, 5.41) is 3.39. The zero-order valence-corrected chi connectivity index (χ0v) is 10.0. The molecule has 0 heterocycles. The molecule has 3 heteroatoms. The number of hydrogen-bond acceptors (Lipinski definition) is 3. The number of nitrogens with one attached hydrogen (secondary N) is 1. The third kappa shape index (κ3) is 2.47. The Hall–Kier alpha value is -1.22. The van der Waals surface area contributed by atoms with Crippen LogP contribution in [0.4, 0.5) is 5.69 Å². The third-order valence-corrected chi connectivity index (χ3v) is 3.20. The predicted octanol–water partition coefficient (Wildman–Crippen LogP) is 2.16. The summed E-state index contributed by atoms with van der Waals surface area (Å²) in [6.45, 7) is 2.98. The maximum atomic E-state index is 6.05. The molecule has 0 radical (unpaired) electrons. The normalized spacial score (nSPS) is 16.9. The summed E-state index contributed by atoms with van der Waals surface area (Å²) >= 11 is 0. The number of rotatable bonds is 5. The molecule has 0 atom stereocenters. The molecule has 1 aromatic rings. The predicted molar refractivity (Wildman–Crippen MR) is 67.0 cm³/mol. The van der Waals surface area contributed by atoms with Crippen molar-refractivity contribution in [1.82, 2.24) is 0 Å². The molecule has 0 bridgehead atoms. The lowest BCUT2D eigenvalue weighted by Crippen LogP contribution is -2.31. The highest BCUT2D eigenvalue weighted by atomic mass is 16.5. The quantitative estimate of drug-likeness (QED) is 0.799. The number of nitrogens with two attached hydrogens (primary N) is 1. The monoisotopic (exact) mass is 220 g/mol. The lowest BCUT2D eigenvalue weighted by atomic mass is 10.1. The van der Waals surface area contributed by atoms with Gasteiger partial charge in [-0.1, -0.05) is 13.0 Å². The first-order valence-corrected chi connectivity index (χ1v) is 5.86. The van der Waals surface area contributed by atoms with Gasteiger partial charge in [0.25, 0.3) is 0 Å². The smallest absolute Gasteiger partial charge is 0.141 e. The Balaban J connectivity index is 2.09. The van der Waals surface area contributed by atoms with E-state index in [-0.39, 0.29) is 5.54 Å². The molecule has 3 N–H and O–H groups in total. The SMILES string of the molecule is CCc1ccc(OC)c(NCC2(N)CC2)c1. The van der Waals surface area contributed by atoms with Crippen LogP contribution in [0.25, 0.3) is 0 Å². The maximum Gasteiger partial charge on any atom is 0.141 e. The summed E-state index contributed by atoms with van der Waals surface area (Å²) in [5.41, 5.74) is 8.44. The molecule has 0 spiro atoms. The van der Waals surface area contributed by atoms with E-state index in [2.05, 4.69) is 24.4 Å². The molecule has 0 saturated heterocycles. The molecule has 16 heavy (non-hydrogen) atoms. The fourth-order valence-corrected chi connectivity index (χ4v) is 1.72. The molecular formula is C13H20N2O. The van der Waals surface area contributed by atoms with Crippen molar-refractivity contribution in [2.75, 3.05) is 19.0 Å². The first kappa shape index (κ1) is 11.3. The third-order valence-electron chi connectivity index (χ3n) is 3.20. The standard InChI is InChI=1S/C13H20N2O/c1-3-10-4-5-12(16-2)11(8-10)15-9-13(14)6-7-13/h4-5,8,15H,3,6-7,9,14H2,1-2H3. The zero-order valence-electron chi connectivity index (χ0n) is 10.0. The molecule has 1 saturated carbocycles. The van der Waals surface area contributed by atoms with E-state index in [9.17, 15) is 0 Å². The minimum absolute atomic E-state index is 0.0211. The molecule has 0 aromatic heterocycles. The topological polar surface area (TPSA) is 47.3 Å². The molecule has 1 fully saturated rings. The highest BCUT2D eigenvalue weighted by Crippen LogP contribution is 2.33. The minimum Gasteiger partial charge on any atom is -0.495 e. The second-order valence-corrected chi connectivity index (χ2v) is 4.60. The van der Waals surface area contributed by atoms with Crippen LogP contribution >= 0.6 is 0 Å².